The predicted molar refractivity (Wildman–Crippen MR) is 67.6 cm³/mol. The van der Waals surface area contributed by atoms with Gasteiger partial charge in [0.15, 0.2) is 0 Å². The molecule has 0 unspecified atom stereocenters. The number of hydrogen-bond acceptors (Lipinski definition) is 3. The van der Waals surface area contributed by atoms with Crippen molar-refractivity contribution in [1.82, 2.24) is 0 Å². The Morgan fingerprint density at radius 3 is 2.83 bits per heavy atom. The van der Waals surface area contributed by atoms with E-state index in [1.807, 2.05) is 13.0 Å². The lowest BCUT2D eigenvalue weighted by atomic mass is 9.91. The van der Waals surface area contributed by atoms with Gasteiger partial charge in [0.25, 0.3) is 0 Å². The molecule has 0 radical (unpaired) electrons. The van der Waals surface area contributed by atoms with Crippen molar-refractivity contribution in [2.45, 2.75) is 38.9 Å². The largest absolute Gasteiger partial charge is 0.491 e. The average Bonchev–Trinajstić information content (AvgIpc) is 2.51. The number of esters is 1. The summed E-state index contributed by atoms with van der Waals surface area (Å²) in [4.78, 5) is 11.6. The van der Waals surface area contributed by atoms with E-state index >= 15 is 0 Å². The van der Waals surface area contributed by atoms with Gasteiger partial charge < -0.3 is 9.47 Å². The third kappa shape index (κ3) is 1.69. The molecule has 3 nitrogen and oxygen atoms in total. The Morgan fingerprint density at radius 2 is 2.06 bits per heavy atom. The monoisotopic (exact) mass is 246 g/mol. The van der Waals surface area contributed by atoms with E-state index in [9.17, 15) is 4.79 Å². The lowest BCUT2D eigenvalue weighted by molar-refractivity contribution is -0.139. The maximum absolute atomic E-state index is 11.6. The Morgan fingerprint density at radius 1 is 1.28 bits per heavy atom. The quantitative estimate of drug-likeness (QED) is 0.487. The fraction of sp³-hybridized carbons (Fsp3) is 0.533. The van der Waals surface area contributed by atoms with E-state index in [1.54, 1.807) is 0 Å². The maximum atomic E-state index is 11.6. The van der Waals surface area contributed by atoms with Crippen molar-refractivity contribution in [2.24, 2.45) is 11.8 Å². The summed E-state index contributed by atoms with van der Waals surface area (Å²) in [6, 6.07) is 0. The first-order chi connectivity index (χ1) is 8.56. The van der Waals surface area contributed by atoms with E-state index < -0.39 is 0 Å². The van der Waals surface area contributed by atoms with Gasteiger partial charge >= 0.3 is 5.97 Å². The summed E-state index contributed by atoms with van der Waals surface area (Å²) < 4.78 is 11.3. The summed E-state index contributed by atoms with van der Waals surface area (Å²) in [5.41, 5.74) is 1.93. The van der Waals surface area contributed by atoms with Crippen molar-refractivity contribution in [3.8, 4) is 0 Å². The molecule has 2 fully saturated rings. The van der Waals surface area contributed by atoms with Gasteiger partial charge in [0, 0.05) is 11.5 Å². The molecule has 3 rings (SSSR count). The lowest BCUT2D eigenvalue weighted by Gasteiger charge is -2.27. The Bertz CT molecular complexity index is 472. The van der Waals surface area contributed by atoms with Gasteiger partial charge in [0.05, 0.1) is 5.76 Å². The Labute approximate surface area is 107 Å². The second-order valence-corrected chi connectivity index (χ2v) is 5.50. The molecular formula is C15H18O3. The molecule has 1 saturated heterocycles. The molecule has 2 heterocycles. The van der Waals surface area contributed by atoms with Crippen LogP contribution in [-0.2, 0) is 14.3 Å². The molecule has 3 heteroatoms. The molecule has 4 atom stereocenters. The third-order valence-electron chi connectivity index (χ3n) is 4.25. The van der Waals surface area contributed by atoms with E-state index in [2.05, 4.69) is 19.6 Å². The van der Waals surface area contributed by atoms with Crippen molar-refractivity contribution in [1.29, 1.82) is 0 Å². The van der Waals surface area contributed by atoms with Gasteiger partial charge in [-0.1, -0.05) is 19.6 Å². The number of rotatable bonds is 0. The SMILES string of the molecule is C=C1C(=O)O[C@@H]2C[C@H](C)C3=CC=C(C)O[C@@H]3C[C@H]12. The van der Waals surface area contributed by atoms with Crippen molar-refractivity contribution >= 4 is 5.97 Å². The smallest absolute Gasteiger partial charge is 0.334 e. The molecule has 0 aromatic carbocycles. The number of allylic oxidation sites excluding steroid dienone is 3. The number of carbonyl (C=O) groups excluding carboxylic acids is 1. The summed E-state index contributed by atoms with van der Waals surface area (Å²) in [5, 5.41) is 0. The van der Waals surface area contributed by atoms with Crippen LogP contribution in [0.25, 0.3) is 0 Å². The highest BCUT2D eigenvalue weighted by molar-refractivity contribution is 5.90. The molecule has 3 aliphatic rings. The molecule has 18 heavy (non-hydrogen) atoms. The lowest BCUT2D eigenvalue weighted by Crippen LogP contribution is -2.22. The minimum atomic E-state index is -0.229. The normalized spacial score (nSPS) is 38.8. The van der Waals surface area contributed by atoms with Crippen LogP contribution < -0.4 is 0 Å². The van der Waals surface area contributed by atoms with Crippen LogP contribution in [-0.4, -0.2) is 18.2 Å². The van der Waals surface area contributed by atoms with Crippen LogP contribution in [0, 0.1) is 11.8 Å². The van der Waals surface area contributed by atoms with Gasteiger partial charge in [-0.2, -0.15) is 0 Å². The molecule has 0 N–H and O–H groups in total. The molecule has 96 valence electrons. The standard InChI is InChI=1S/C15H18O3/c1-8-6-13-12(10(3)15(16)18-13)7-14-11(8)5-4-9(2)17-14/h4-5,8,12-14H,3,6-7H2,1-2H3/t8-,12+,13+,14+/m0/s1. The van der Waals surface area contributed by atoms with Gasteiger partial charge in [0.1, 0.15) is 12.2 Å². The highest BCUT2D eigenvalue weighted by Crippen LogP contribution is 2.43. The number of hydrogen-bond donors (Lipinski definition) is 0. The van der Waals surface area contributed by atoms with Gasteiger partial charge in [-0.05, 0) is 37.3 Å². The highest BCUT2D eigenvalue weighted by Gasteiger charge is 2.45. The van der Waals surface area contributed by atoms with Crippen molar-refractivity contribution < 1.29 is 14.3 Å². The van der Waals surface area contributed by atoms with Gasteiger partial charge in [-0.15, -0.1) is 0 Å². The fourth-order valence-electron chi connectivity index (χ4n) is 3.21. The van der Waals surface area contributed by atoms with Crippen LogP contribution in [0.3, 0.4) is 0 Å². The van der Waals surface area contributed by atoms with Crippen molar-refractivity contribution in [3.63, 3.8) is 0 Å². The molecule has 2 aliphatic heterocycles. The van der Waals surface area contributed by atoms with Gasteiger partial charge in [0.2, 0.25) is 0 Å². The van der Waals surface area contributed by atoms with Crippen LogP contribution >= 0.6 is 0 Å². The molecule has 1 aliphatic carbocycles. The Hall–Kier alpha value is -1.51. The predicted octanol–water partition coefficient (Wildman–Crippen LogP) is 2.74. The average molecular weight is 246 g/mol. The minimum Gasteiger partial charge on any atom is -0.491 e. The number of carbonyl (C=O) groups is 1. The maximum Gasteiger partial charge on any atom is 0.334 e. The molecule has 0 spiro atoms. The summed E-state index contributed by atoms with van der Waals surface area (Å²) in [7, 11) is 0. The summed E-state index contributed by atoms with van der Waals surface area (Å²) in [6.07, 6.45) is 5.91. The third-order valence-corrected chi connectivity index (χ3v) is 4.25. The number of ether oxygens (including phenoxy) is 2. The first kappa shape index (κ1) is 11.6. The van der Waals surface area contributed by atoms with E-state index in [4.69, 9.17) is 9.47 Å². The first-order valence-corrected chi connectivity index (χ1v) is 6.51. The highest BCUT2D eigenvalue weighted by atomic mass is 16.6. The minimum absolute atomic E-state index is 0.0181. The summed E-state index contributed by atoms with van der Waals surface area (Å²) in [6.45, 7) is 8.02. The molecule has 0 bridgehead atoms. The first-order valence-electron chi connectivity index (χ1n) is 6.51. The zero-order chi connectivity index (χ0) is 12.9. The second kappa shape index (κ2) is 4.01. The van der Waals surface area contributed by atoms with E-state index in [0.717, 1.165) is 18.6 Å². The molecule has 0 aromatic rings. The molecule has 1 saturated carbocycles. The summed E-state index contributed by atoms with van der Waals surface area (Å²) >= 11 is 0. The van der Waals surface area contributed by atoms with E-state index in [1.165, 1.54) is 5.57 Å². The zero-order valence-electron chi connectivity index (χ0n) is 10.8. The number of fused-ring (bicyclic) bond motifs is 2. The van der Waals surface area contributed by atoms with Gasteiger partial charge in [-0.3, -0.25) is 0 Å². The second-order valence-electron chi connectivity index (χ2n) is 5.50. The van der Waals surface area contributed by atoms with Crippen LogP contribution in [0.1, 0.15) is 26.7 Å². The topological polar surface area (TPSA) is 35.5 Å². The van der Waals surface area contributed by atoms with Crippen molar-refractivity contribution in [3.05, 3.63) is 35.6 Å². The van der Waals surface area contributed by atoms with E-state index in [-0.39, 0.29) is 24.1 Å². The fourth-order valence-corrected chi connectivity index (χ4v) is 3.21. The molecule has 0 amide bonds. The van der Waals surface area contributed by atoms with Crippen molar-refractivity contribution in [2.75, 3.05) is 0 Å². The van der Waals surface area contributed by atoms with Gasteiger partial charge in [-0.25, -0.2) is 4.79 Å². The molecular weight excluding hydrogens is 228 g/mol. The van der Waals surface area contributed by atoms with Crippen LogP contribution in [0.15, 0.2) is 35.6 Å². The van der Waals surface area contributed by atoms with Crippen LogP contribution in [0.4, 0.5) is 0 Å². The Balaban J connectivity index is 1.92. The summed E-state index contributed by atoms with van der Waals surface area (Å²) in [5.74, 6) is 1.20. The van der Waals surface area contributed by atoms with Crippen LogP contribution in [0.2, 0.25) is 0 Å². The van der Waals surface area contributed by atoms with E-state index in [0.29, 0.717) is 11.5 Å². The van der Waals surface area contributed by atoms with Crippen LogP contribution in [0.5, 0.6) is 0 Å². The zero-order valence-corrected chi connectivity index (χ0v) is 10.8. The molecule has 0 aromatic heterocycles. The Kier molecular flexibility index (Phi) is 2.58.